The zero-order chi connectivity index (χ0) is 10.7. The van der Waals surface area contributed by atoms with E-state index in [2.05, 4.69) is 10.3 Å². The van der Waals surface area contributed by atoms with Crippen molar-refractivity contribution in [2.24, 2.45) is 0 Å². The fraction of sp³-hybridized carbons (Fsp3) is 0. The molecule has 1 amide bonds. The highest BCUT2D eigenvalue weighted by Gasteiger charge is 2.02. The van der Waals surface area contributed by atoms with Gasteiger partial charge in [0.15, 0.2) is 0 Å². The van der Waals surface area contributed by atoms with Gasteiger partial charge in [-0.3, -0.25) is 4.57 Å². The fourth-order valence-electron chi connectivity index (χ4n) is 1.10. The number of nitrogens with zero attached hydrogens (tertiary/aromatic N) is 2. The highest BCUT2D eigenvalue weighted by Crippen LogP contribution is 2.13. The number of imidazole rings is 1. The minimum atomic E-state index is -0.255. The third-order valence-corrected chi connectivity index (χ3v) is 2.09. The summed E-state index contributed by atoms with van der Waals surface area (Å²) >= 11 is 5.72. The molecule has 0 aliphatic heterocycles. The Morgan fingerprint density at radius 2 is 2.07 bits per heavy atom. The van der Waals surface area contributed by atoms with Crippen LogP contribution in [0.5, 0.6) is 0 Å². The summed E-state index contributed by atoms with van der Waals surface area (Å²) in [4.78, 5) is 15.3. The predicted molar refractivity (Wildman–Crippen MR) is 58.1 cm³/mol. The number of rotatable bonds is 1. The summed E-state index contributed by atoms with van der Waals surface area (Å²) in [5.41, 5.74) is 0.693. The van der Waals surface area contributed by atoms with Crippen LogP contribution in [0.4, 0.5) is 10.5 Å². The molecule has 0 saturated heterocycles. The molecular weight excluding hydrogens is 214 g/mol. The first-order valence-corrected chi connectivity index (χ1v) is 4.68. The van der Waals surface area contributed by atoms with E-state index in [1.54, 1.807) is 36.7 Å². The predicted octanol–water partition coefficient (Wildman–Crippen LogP) is 2.62. The number of amides is 1. The van der Waals surface area contributed by atoms with Crippen molar-refractivity contribution in [3.05, 3.63) is 48.0 Å². The summed E-state index contributed by atoms with van der Waals surface area (Å²) in [5.74, 6) is 0. The lowest BCUT2D eigenvalue weighted by Gasteiger charge is -2.04. The van der Waals surface area contributed by atoms with E-state index in [4.69, 9.17) is 11.6 Å². The normalized spacial score (nSPS) is 9.93. The van der Waals surface area contributed by atoms with Crippen molar-refractivity contribution in [3.8, 4) is 0 Å². The molecule has 0 aliphatic carbocycles. The molecular formula is C10H8ClN3O. The molecule has 4 nitrogen and oxygen atoms in total. The second kappa shape index (κ2) is 4.14. The lowest BCUT2D eigenvalue weighted by atomic mass is 10.3. The Bertz CT molecular complexity index is 450. The Morgan fingerprint density at radius 1 is 1.33 bits per heavy atom. The zero-order valence-electron chi connectivity index (χ0n) is 7.72. The maximum absolute atomic E-state index is 11.5. The highest BCUT2D eigenvalue weighted by molar-refractivity contribution is 6.30. The fourth-order valence-corrected chi connectivity index (χ4v) is 1.23. The summed E-state index contributed by atoms with van der Waals surface area (Å²) in [5, 5.41) is 3.33. The summed E-state index contributed by atoms with van der Waals surface area (Å²) in [7, 11) is 0. The van der Waals surface area contributed by atoms with Gasteiger partial charge in [-0.25, -0.2) is 9.78 Å². The van der Waals surface area contributed by atoms with E-state index in [0.717, 1.165) is 0 Å². The van der Waals surface area contributed by atoms with E-state index in [1.807, 2.05) is 0 Å². The smallest absolute Gasteiger partial charge is 0.307 e. The van der Waals surface area contributed by atoms with Crippen molar-refractivity contribution in [2.75, 3.05) is 5.32 Å². The molecule has 0 radical (unpaired) electrons. The van der Waals surface area contributed by atoms with Crippen molar-refractivity contribution >= 4 is 23.3 Å². The number of aromatic nitrogens is 2. The van der Waals surface area contributed by atoms with Gasteiger partial charge in [-0.1, -0.05) is 11.6 Å². The van der Waals surface area contributed by atoms with E-state index < -0.39 is 0 Å². The molecule has 2 rings (SSSR count). The van der Waals surface area contributed by atoms with Crippen LogP contribution in [0.2, 0.25) is 5.02 Å². The van der Waals surface area contributed by atoms with Crippen molar-refractivity contribution in [3.63, 3.8) is 0 Å². The molecule has 0 unspecified atom stereocenters. The van der Waals surface area contributed by atoms with Gasteiger partial charge >= 0.3 is 6.03 Å². The molecule has 15 heavy (non-hydrogen) atoms. The Labute approximate surface area is 91.5 Å². The summed E-state index contributed by atoms with van der Waals surface area (Å²) in [6.07, 6.45) is 4.55. The van der Waals surface area contributed by atoms with Gasteiger partial charge in [-0.05, 0) is 24.3 Å². The Morgan fingerprint density at radius 3 is 2.67 bits per heavy atom. The number of carbonyl (C=O) groups excluding carboxylic acids is 1. The number of anilines is 1. The zero-order valence-corrected chi connectivity index (χ0v) is 8.48. The average molecular weight is 222 g/mol. The first kappa shape index (κ1) is 9.73. The van der Waals surface area contributed by atoms with Gasteiger partial charge in [0.05, 0.1) is 0 Å². The average Bonchev–Trinajstić information content (AvgIpc) is 2.74. The SMILES string of the molecule is O=C(Nc1ccc(Cl)cc1)n1ccnc1. The van der Waals surface area contributed by atoms with Gasteiger partial charge < -0.3 is 5.32 Å². The van der Waals surface area contributed by atoms with Crippen molar-refractivity contribution < 1.29 is 4.79 Å². The topological polar surface area (TPSA) is 46.9 Å². The van der Waals surface area contributed by atoms with Gasteiger partial charge in [0, 0.05) is 23.1 Å². The van der Waals surface area contributed by atoms with Crippen LogP contribution in [0.15, 0.2) is 43.0 Å². The van der Waals surface area contributed by atoms with E-state index in [0.29, 0.717) is 10.7 Å². The van der Waals surface area contributed by atoms with Crippen molar-refractivity contribution in [2.45, 2.75) is 0 Å². The van der Waals surface area contributed by atoms with Gasteiger partial charge in [0.25, 0.3) is 0 Å². The molecule has 1 aromatic carbocycles. The van der Waals surface area contributed by atoms with E-state index in [-0.39, 0.29) is 6.03 Å². The number of nitrogens with one attached hydrogen (secondary N) is 1. The largest absolute Gasteiger partial charge is 0.331 e. The highest BCUT2D eigenvalue weighted by atomic mass is 35.5. The Balaban J connectivity index is 2.09. The lowest BCUT2D eigenvalue weighted by molar-refractivity contribution is 0.253. The van der Waals surface area contributed by atoms with Crippen LogP contribution in [0.25, 0.3) is 0 Å². The minimum Gasteiger partial charge on any atom is -0.307 e. The number of benzene rings is 1. The first-order chi connectivity index (χ1) is 7.25. The van der Waals surface area contributed by atoms with Gasteiger partial charge in [0.1, 0.15) is 6.33 Å². The molecule has 0 saturated carbocycles. The number of hydrogen-bond donors (Lipinski definition) is 1. The van der Waals surface area contributed by atoms with Crippen LogP contribution < -0.4 is 5.32 Å². The van der Waals surface area contributed by atoms with Crippen LogP contribution >= 0.6 is 11.6 Å². The molecule has 1 aromatic heterocycles. The van der Waals surface area contributed by atoms with Crippen LogP contribution in [0.3, 0.4) is 0 Å². The van der Waals surface area contributed by atoms with Crippen LogP contribution in [0, 0.1) is 0 Å². The maximum atomic E-state index is 11.5. The number of halogens is 1. The Kier molecular flexibility index (Phi) is 2.69. The van der Waals surface area contributed by atoms with Crippen LogP contribution in [0.1, 0.15) is 0 Å². The molecule has 0 aliphatic rings. The second-order valence-electron chi connectivity index (χ2n) is 2.91. The first-order valence-electron chi connectivity index (χ1n) is 4.30. The molecule has 5 heteroatoms. The van der Waals surface area contributed by atoms with Crippen LogP contribution in [-0.4, -0.2) is 15.6 Å². The van der Waals surface area contributed by atoms with Gasteiger partial charge in [-0.15, -0.1) is 0 Å². The Hall–Kier alpha value is -1.81. The lowest BCUT2D eigenvalue weighted by Crippen LogP contribution is -2.17. The van der Waals surface area contributed by atoms with Gasteiger partial charge in [-0.2, -0.15) is 0 Å². The van der Waals surface area contributed by atoms with Crippen LogP contribution in [-0.2, 0) is 0 Å². The molecule has 0 spiro atoms. The standard InChI is InChI=1S/C10H8ClN3O/c11-8-1-3-9(4-2-8)13-10(15)14-6-5-12-7-14/h1-7H,(H,13,15). The third-order valence-electron chi connectivity index (χ3n) is 1.83. The number of carbonyl (C=O) groups is 1. The van der Waals surface area contributed by atoms with E-state index >= 15 is 0 Å². The molecule has 0 atom stereocenters. The molecule has 1 N–H and O–H groups in total. The monoisotopic (exact) mass is 221 g/mol. The van der Waals surface area contributed by atoms with Crippen molar-refractivity contribution in [1.29, 1.82) is 0 Å². The molecule has 2 aromatic rings. The molecule has 76 valence electrons. The summed E-state index contributed by atoms with van der Waals surface area (Å²) in [6, 6.07) is 6.64. The molecule has 0 bridgehead atoms. The number of hydrogen-bond acceptors (Lipinski definition) is 2. The summed E-state index contributed by atoms with van der Waals surface area (Å²) in [6.45, 7) is 0. The third kappa shape index (κ3) is 2.35. The summed E-state index contributed by atoms with van der Waals surface area (Å²) < 4.78 is 1.36. The van der Waals surface area contributed by atoms with Gasteiger partial charge in [0.2, 0.25) is 0 Å². The van der Waals surface area contributed by atoms with E-state index in [9.17, 15) is 4.79 Å². The quantitative estimate of drug-likeness (QED) is 0.805. The molecule has 1 heterocycles. The minimum absolute atomic E-state index is 0.255. The second-order valence-corrected chi connectivity index (χ2v) is 3.34. The van der Waals surface area contributed by atoms with Crippen molar-refractivity contribution in [1.82, 2.24) is 9.55 Å². The maximum Gasteiger partial charge on any atom is 0.331 e. The molecule has 0 fully saturated rings. The van der Waals surface area contributed by atoms with E-state index in [1.165, 1.54) is 10.9 Å².